The van der Waals surface area contributed by atoms with E-state index in [-0.39, 0.29) is 5.91 Å². The Morgan fingerprint density at radius 2 is 2.00 bits per heavy atom. The number of benzene rings is 2. The van der Waals surface area contributed by atoms with E-state index in [4.69, 9.17) is 16.3 Å². The summed E-state index contributed by atoms with van der Waals surface area (Å²) in [5, 5.41) is 6.31. The summed E-state index contributed by atoms with van der Waals surface area (Å²) < 4.78 is 10.6. The Hall–Kier alpha value is -2.73. The molecular weight excluding hydrogens is 344 g/mol. The van der Waals surface area contributed by atoms with Crippen LogP contribution in [-0.4, -0.2) is 25.0 Å². The first kappa shape index (κ1) is 17.1. The van der Waals surface area contributed by atoms with Crippen molar-refractivity contribution in [3.8, 4) is 11.5 Å². The van der Waals surface area contributed by atoms with Gasteiger partial charge >= 0.3 is 5.97 Å². The highest BCUT2D eigenvalue weighted by Gasteiger charge is 2.30. The number of fused-ring (bicyclic) bond motifs is 2. The second-order valence-electron chi connectivity index (χ2n) is 5.61. The Morgan fingerprint density at radius 1 is 1.24 bits per heavy atom. The molecule has 1 aliphatic heterocycles. The predicted molar refractivity (Wildman–Crippen MR) is 94.0 cm³/mol. The van der Waals surface area contributed by atoms with Gasteiger partial charge in [-0.2, -0.15) is 0 Å². The predicted octanol–water partition coefficient (Wildman–Crippen LogP) is 3.28. The number of para-hydroxylation sites is 1. The Morgan fingerprint density at radius 3 is 2.76 bits per heavy atom. The minimum Gasteiger partial charge on any atom is -0.467 e. The molecular formula is C18H17ClN2O4. The molecule has 0 fully saturated rings. The van der Waals surface area contributed by atoms with Crippen LogP contribution in [0.15, 0.2) is 42.5 Å². The van der Waals surface area contributed by atoms with Crippen LogP contribution in [0.1, 0.15) is 18.5 Å². The zero-order valence-electron chi connectivity index (χ0n) is 13.7. The molecule has 1 aliphatic rings. The molecule has 130 valence electrons. The van der Waals surface area contributed by atoms with Crippen molar-refractivity contribution in [3.63, 3.8) is 0 Å². The molecule has 0 aliphatic carbocycles. The molecule has 1 heterocycles. The molecule has 0 aromatic heterocycles. The summed E-state index contributed by atoms with van der Waals surface area (Å²) in [6, 6.07) is 10.8. The van der Waals surface area contributed by atoms with Crippen molar-refractivity contribution in [3.05, 3.63) is 53.1 Å². The van der Waals surface area contributed by atoms with Crippen LogP contribution in [0, 0.1) is 0 Å². The van der Waals surface area contributed by atoms with Crippen molar-refractivity contribution < 1.29 is 19.1 Å². The zero-order valence-corrected chi connectivity index (χ0v) is 14.5. The first-order valence-electron chi connectivity index (χ1n) is 7.70. The van der Waals surface area contributed by atoms with Gasteiger partial charge in [-0.3, -0.25) is 4.79 Å². The summed E-state index contributed by atoms with van der Waals surface area (Å²) in [5.41, 5.74) is 1.25. The van der Waals surface area contributed by atoms with E-state index in [1.165, 1.54) is 7.11 Å². The number of esters is 1. The van der Waals surface area contributed by atoms with E-state index >= 15 is 0 Å². The van der Waals surface area contributed by atoms with Crippen LogP contribution < -0.4 is 15.4 Å². The number of rotatable bonds is 3. The highest BCUT2D eigenvalue weighted by molar-refractivity contribution is 6.31. The highest BCUT2D eigenvalue weighted by atomic mass is 35.5. The Bertz CT molecular complexity index is 824. The monoisotopic (exact) mass is 360 g/mol. The lowest BCUT2D eigenvalue weighted by Crippen LogP contribution is -2.43. The Labute approximate surface area is 150 Å². The van der Waals surface area contributed by atoms with E-state index in [9.17, 15) is 9.59 Å². The maximum Gasteiger partial charge on any atom is 0.328 e. The average Bonchev–Trinajstić information content (AvgIpc) is 2.77. The van der Waals surface area contributed by atoms with Crippen molar-refractivity contribution in [2.45, 2.75) is 19.0 Å². The van der Waals surface area contributed by atoms with Crippen LogP contribution in [-0.2, 0) is 14.3 Å². The first-order chi connectivity index (χ1) is 12.0. The van der Waals surface area contributed by atoms with Gasteiger partial charge < -0.3 is 20.1 Å². The van der Waals surface area contributed by atoms with Crippen LogP contribution in [0.5, 0.6) is 11.5 Å². The third-order valence-corrected chi connectivity index (χ3v) is 4.10. The molecule has 0 bridgehead atoms. The summed E-state index contributed by atoms with van der Waals surface area (Å²) in [5.74, 6) is 0.229. The van der Waals surface area contributed by atoms with Gasteiger partial charge in [0.15, 0.2) is 5.75 Å². The largest absolute Gasteiger partial charge is 0.467 e. The smallest absolute Gasteiger partial charge is 0.328 e. The van der Waals surface area contributed by atoms with Crippen molar-refractivity contribution in [2.75, 3.05) is 12.4 Å². The minimum absolute atomic E-state index is 0.373. The fourth-order valence-corrected chi connectivity index (χ4v) is 2.78. The van der Waals surface area contributed by atoms with E-state index < -0.39 is 18.1 Å². The first-order valence-corrected chi connectivity index (χ1v) is 8.08. The van der Waals surface area contributed by atoms with Gasteiger partial charge in [-0.05, 0) is 31.2 Å². The lowest BCUT2D eigenvalue weighted by atomic mass is 10.0. The Balaban J connectivity index is 1.96. The van der Waals surface area contributed by atoms with E-state index in [0.29, 0.717) is 27.8 Å². The number of hydrogen-bond donors (Lipinski definition) is 2. The summed E-state index contributed by atoms with van der Waals surface area (Å²) in [6.07, 6.45) is 0. The molecule has 0 radical (unpaired) electrons. The topological polar surface area (TPSA) is 76.7 Å². The standard InChI is InChI=1S/C18H17ClN2O4/c1-10(18(23)24-2)20-17(22)16-12-5-3-4-6-14(12)25-15-8-7-11(19)9-13(15)21-16/h3-10,16,21H,1-2H3,(H,20,22)/t10-,16?/m1/s1. The average molecular weight is 361 g/mol. The second kappa shape index (κ2) is 7.03. The molecule has 2 atom stereocenters. The number of carbonyl (C=O) groups is 2. The number of carbonyl (C=O) groups excluding carboxylic acids is 2. The number of nitrogens with one attached hydrogen (secondary N) is 2. The van der Waals surface area contributed by atoms with Crippen molar-refractivity contribution in [1.29, 1.82) is 0 Å². The van der Waals surface area contributed by atoms with Crippen molar-refractivity contribution in [2.24, 2.45) is 0 Å². The van der Waals surface area contributed by atoms with Gasteiger partial charge in [0.1, 0.15) is 17.8 Å². The number of anilines is 1. The maximum atomic E-state index is 12.8. The molecule has 1 amide bonds. The van der Waals surface area contributed by atoms with E-state index in [0.717, 1.165) is 0 Å². The highest BCUT2D eigenvalue weighted by Crippen LogP contribution is 2.41. The molecule has 2 aromatic rings. The van der Waals surface area contributed by atoms with Gasteiger partial charge in [0.2, 0.25) is 5.91 Å². The van der Waals surface area contributed by atoms with E-state index in [2.05, 4.69) is 15.4 Å². The lowest BCUT2D eigenvalue weighted by Gasteiger charge is -2.20. The summed E-state index contributed by atoms with van der Waals surface area (Å²) in [6.45, 7) is 1.56. The third-order valence-electron chi connectivity index (χ3n) is 3.87. The van der Waals surface area contributed by atoms with Crippen LogP contribution in [0.25, 0.3) is 0 Å². The SMILES string of the molecule is COC(=O)[C@@H](C)NC(=O)C1Nc2cc(Cl)ccc2Oc2ccccc21. The van der Waals surface area contributed by atoms with Gasteiger partial charge in [0.05, 0.1) is 12.8 Å². The molecule has 7 heteroatoms. The third kappa shape index (κ3) is 3.53. The number of halogens is 1. The van der Waals surface area contributed by atoms with E-state index in [1.807, 2.05) is 12.1 Å². The zero-order chi connectivity index (χ0) is 18.0. The fourth-order valence-electron chi connectivity index (χ4n) is 2.61. The second-order valence-corrected chi connectivity index (χ2v) is 6.05. The minimum atomic E-state index is -0.769. The normalized spacial score (nSPS) is 16.2. The maximum absolute atomic E-state index is 12.8. The number of amides is 1. The van der Waals surface area contributed by atoms with Crippen LogP contribution in [0.3, 0.4) is 0 Å². The van der Waals surface area contributed by atoms with Crippen molar-refractivity contribution in [1.82, 2.24) is 5.32 Å². The summed E-state index contributed by atoms with van der Waals surface area (Å²) in [4.78, 5) is 24.4. The molecule has 2 N–H and O–H groups in total. The molecule has 6 nitrogen and oxygen atoms in total. The Kier molecular flexibility index (Phi) is 4.81. The number of hydrogen-bond acceptors (Lipinski definition) is 5. The number of methoxy groups -OCH3 is 1. The molecule has 1 unspecified atom stereocenters. The van der Waals surface area contributed by atoms with E-state index in [1.54, 1.807) is 37.3 Å². The summed E-state index contributed by atoms with van der Waals surface area (Å²) >= 11 is 6.06. The van der Waals surface area contributed by atoms with Crippen LogP contribution >= 0.6 is 11.6 Å². The quantitative estimate of drug-likeness (QED) is 0.821. The summed E-state index contributed by atoms with van der Waals surface area (Å²) in [7, 11) is 1.27. The van der Waals surface area contributed by atoms with Crippen molar-refractivity contribution >= 4 is 29.2 Å². The lowest BCUT2D eigenvalue weighted by molar-refractivity contribution is -0.144. The van der Waals surface area contributed by atoms with Gasteiger partial charge in [-0.1, -0.05) is 29.8 Å². The van der Waals surface area contributed by atoms with Crippen LogP contribution in [0.4, 0.5) is 5.69 Å². The molecule has 2 aromatic carbocycles. The van der Waals surface area contributed by atoms with Gasteiger partial charge in [0.25, 0.3) is 0 Å². The fraction of sp³-hybridized carbons (Fsp3) is 0.222. The van der Waals surface area contributed by atoms with Crippen LogP contribution in [0.2, 0.25) is 5.02 Å². The molecule has 0 spiro atoms. The van der Waals surface area contributed by atoms with Gasteiger partial charge in [-0.15, -0.1) is 0 Å². The molecule has 25 heavy (non-hydrogen) atoms. The number of ether oxygens (including phenoxy) is 2. The molecule has 3 rings (SSSR count). The molecule has 0 saturated carbocycles. The molecule has 0 saturated heterocycles. The van der Waals surface area contributed by atoms with Gasteiger partial charge in [0, 0.05) is 10.6 Å². The van der Waals surface area contributed by atoms with Gasteiger partial charge in [-0.25, -0.2) is 4.79 Å².